The van der Waals surface area contributed by atoms with Gasteiger partial charge in [0.1, 0.15) is 0 Å². The zero-order chi connectivity index (χ0) is 18.5. The number of ether oxygens (including phenoxy) is 1. The van der Waals surface area contributed by atoms with Gasteiger partial charge in [0.2, 0.25) is 0 Å². The second-order valence-electron chi connectivity index (χ2n) is 7.37. The maximum absolute atomic E-state index is 12.8. The lowest BCUT2D eigenvalue weighted by Crippen LogP contribution is -2.55. The molecule has 1 amide bonds. The molecule has 2 aromatic rings. The predicted octanol–water partition coefficient (Wildman–Crippen LogP) is 1.91. The monoisotopic (exact) mass is 367 g/mol. The van der Waals surface area contributed by atoms with Crippen molar-refractivity contribution in [3.05, 3.63) is 42.5 Å². The molecule has 0 unspecified atom stereocenters. The maximum atomic E-state index is 12.8. The average Bonchev–Trinajstić information content (AvgIpc) is 3.17. The van der Waals surface area contributed by atoms with Crippen molar-refractivity contribution in [2.75, 3.05) is 32.8 Å². The van der Waals surface area contributed by atoms with Crippen LogP contribution in [0.1, 0.15) is 36.0 Å². The van der Waals surface area contributed by atoms with Crippen LogP contribution in [-0.2, 0) is 4.74 Å². The molecule has 7 heteroatoms. The van der Waals surface area contributed by atoms with Gasteiger partial charge in [-0.1, -0.05) is 12.8 Å². The highest BCUT2D eigenvalue weighted by atomic mass is 16.5. The first kappa shape index (κ1) is 18.0. The normalized spacial score (nSPS) is 19.7. The van der Waals surface area contributed by atoms with Crippen LogP contribution in [0.25, 0.3) is 11.4 Å². The van der Waals surface area contributed by atoms with Gasteiger partial charge in [0, 0.05) is 50.0 Å². The number of hydrogen-bond acceptors (Lipinski definition) is 6. The Morgan fingerprint density at radius 1 is 1.15 bits per heavy atom. The molecule has 1 N–H and O–H groups in total. The van der Waals surface area contributed by atoms with Crippen molar-refractivity contribution in [2.45, 2.75) is 31.2 Å². The van der Waals surface area contributed by atoms with Gasteiger partial charge in [-0.2, -0.15) is 0 Å². The number of carbonyl (C=O) groups is 1. The fourth-order valence-electron chi connectivity index (χ4n) is 3.96. The molecule has 0 radical (unpaired) electrons. The van der Waals surface area contributed by atoms with Crippen LogP contribution in [0.5, 0.6) is 0 Å². The summed E-state index contributed by atoms with van der Waals surface area (Å²) in [5, 5.41) is 3.30. The van der Waals surface area contributed by atoms with Gasteiger partial charge in [-0.25, -0.2) is 9.97 Å². The van der Waals surface area contributed by atoms with E-state index in [1.54, 1.807) is 24.8 Å². The SMILES string of the molecule is O=C(NC1(CN2CCOCC2)CCCC1)c1cnc(-c2cccnc2)nc1. The second-order valence-corrected chi connectivity index (χ2v) is 7.37. The van der Waals surface area contributed by atoms with E-state index in [2.05, 4.69) is 25.2 Å². The lowest BCUT2D eigenvalue weighted by atomic mass is 9.95. The highest BCUT2D eigenvalue weighted by molar-refractivity contribution is 5.94. The topological polar surface area (TPSA) is 80.2 Å². The van der Waals surface area contributed by atoms with Gasteiger partial charge < -0.3 is 10.1 Å². The van der Waals surface area contributed by atoms with Gasteiger partial charge >= 0.3 is 0 Å². The highest BCUT2D eigenvalue weighted by Gasteiger charge is 2.37. The number of aromatic nitrogens is 3. The Balaban J connectivity index is 1.44. The first-order chi connectivity index (χ1) is 13.2. The van der Waals surface area contributed by atoms with Crippen molar-refractivity contribution in [1.29, 1.82) is 0 Å². The molecule has 142 valence electrons. The van der Waals surface area contributed by atoms with Crippen molar-refractivity contribution in [2.24, 2.45) is 0 Å². The minimum Gasteiger partial charge on any atom is -0.379 e. The number of rotatable bonds is 5. The summed E-state index contributed by atoms with van der Waals surface area (Å²) < 4.78 is 5.45. The van der Waals surface area contributed by atoms with Gasteiger partial charge in [-0.3, -0.25) is 14.7 Å². The van der Waals surface area contributed by atoms with Crippen LogP contribution in [0.15, 0.2) is 36.9 Å². The molecular formula is C20H25N5O2. The molecule has 27 heavy (non-hydrogen) atoms. The molecule has 4 rings (SSSR count). The van der Waals surface area contributed by atoms with Crippen molar-refractivity contribution >= 4 is 5.91 Å². The molecule has 3 heterocycles. The number of nitrogens with zero attached hydrogens (tertiary/aromatic N) is 4. The van der Waals surface area contributed by atoms with Crippen LogP contribution in [0.4, 0.5) is 0 Å². The summed E-state index contributed by atoms with van der Waals surface area (Å²) >= 11 is 0. The van der Waals surface area contributed by atoms with E-state index in [-0.39, 0.29) is 11.4 Å². The van der Waals surface area contributed by atoms with Crippen LogP contribution >= 0.6 is 0 Å². The number of hydrogen-bond donors (Lipinski definition) is 1. The largest absolute Gasteiger partial charge is 0.379 e. The molecule has 2 aromatic heterocycles. The van der Waals surface area contributed by atoms with Crippen LogP contribution in [-0.4, -0.2) is 64.1 Å². The maximum Gasteiger partial charge on any atom is 0.254 e. The molecule has 0 bridgehead atoms. The van der Waals surface area contributed by atoms with E-state index in [0.29, 0.717) is 11.4 Å². The summed E-state index contributed by atoms with van der Waals surface area (Å²) in [5.74, 6) is 0.478. The van der Waals surface area contributed by atoms with Crippen molar-refractivity contribution < 1.29 is 9.53 Å². The zero-order valence-electron chi connectivity index (χ0n) is 15.4. The fourth-order valence-corrected chi connectivity index (χ4v) is 3.96. The van der Waals surface area contributed by atoms with Gasteiger partial charge in [0.15, 0.2) is 5.82 Å². The van der Waals surface area contributed by atoms with Crippen molar-refractivity contribution in [3.8, 4) is 11.4 Å². The number of pyridine rings is 1. The molecule has 0 atom stereocenters. The minimum atomic E-state index is -0.156. The van der Waals surface area contributed by atoms with Crippen LogP contribution in [0.2, 0.25) is 0 Å². The van der Waals surface area contributed by atoms with Gasteiger partial charge in [-0.15, -0.1) is 0 Å². The third kappa shape index (κ3) is 4.31. The number of nitrogens with one attached hydrogen (secondary N) is 1. The Morgan fingerprint density at radius 2 is 1.89 bits per heavy atom. The molecule has 7 nitrogen and oxygen atoms in total. The molecule has 2 fully saturated rings. The Hall–Kier alpha value is -2.38. The standard InChI is InChI=1S/C20H25N5O2/c26-19(17-13-22-18(23-14-17)16-4-3-7-21-12-16)24-20(5-1-2-6-20)15-25-8-10-27-11-9-25/h3-4,7,12-14H,1-2,5-6,8-11,15H2,(H,24,26). The fraction of sp³-hybridized carbons (Fsp3) is 0.500. The molecule has 1 saturated heterocycles. The Kier molecular flexibility index (Phi) is 5.40. The predicted molar refractivity (Wildman–Crippen MR) is 101 cm³/mol. The van der Waals surface area contributed by atoms with E-state index in [0.717, 1.165) is 64.1 Å². The number of amides is 1. The number of morpholine rings is 1. The van der Waals surface area contributed by atoms with Crippen LogP contribution in [0.3, 0.4) is 0 Å². The molecule has 1 saturated carbocycles. The first-order valence-corrected chi connectivity index (χ1v) is 9.59. The molecule has 2 aliphatic rings. The summed E-state index contributed by atoms with van der Waals surface area (Å²) in [5.41, 5.74) is 1.18. The van der Waals surface area contributed by atoms with E-state index in [9.17, 15) is 4.79 Å². The van der Waals surface area contributed by atoms with E-state index < -0.39 is 0 Å². The average molecular weight is 367 g/mol. The van der Waals surface area contributed by atoms with Crippen LogP contribution < -0.4 is 5.32 Å². The summed E-state index contributed by atoms with van der Waals surface area (Å²) in [7, 11) is 0. The molecular weight excluding hydrogens is 342 g/mol. The first-order valence-electron chi connectivity index (χ1n) is 9.59. The Morgan fingerprint density at radius 3 is 2.56 bits per heavy atom. The van der Waals surface area contributed by atoms with Crippen LogP contribution in [0, 0.1) is 0 Å². The zero-order valence-corrected chi connectivity index (χ0v) is 15.4. The minimum absolute atomic E-state index is 0.0945. The lowest BCUT2D eigenvalue weighted by Gasteiger charge is -2.37. The lowest BCUT2D eigenvalue weighted by molar-refractivity contribution is 0.0238. The molecule has 0 aromatic carbocycles. The third-order valence-electron chi connectivity index (χ3n) is 5.40. The van der Waals surface area contributed by atoms with Gasteiger partial charge in [0.25, 0.3) is 5.91 Å². The summed E-state index contributed by atoms with van der Waals surface area (Å²) in [4.78, 5) is 28.0. The summed E-state index contributed by atoms with van der Waals surface area (Å²) in [6, 6.07) is 3.74. The summed E-state index contributed by atoms with van der Waals surface area (Å²) in [6.07, 6.45) is 11.0. The van der Waals surface area contributed by atoms with Gasteiger partial charge in [0.05, 0.1) is 24.3 Å². The quantitative estimate of drug-likeness (QED) is 0.870. The van der Waals surface area contributed by atoms with E-state index in [1.807, 2.05) is 12.1 Å². The Bertz CT molecular complexity index is 754. The second kappa shape index (κ2) is 8.10. The van der Waals surface area contributed by atoms with E-state index in [4.69, 9.17) is 4.74 Å². The highest BCUT2D eigenvalue weighted by Crippen LogP contribution is 2.31. The van der Waals surface area contributed by atoms with E-state index >= 15 is 0 Å². The van der Waals surface area contributed by atoms with Crippen molar-refractivity contribution in [3.63, 3.8) is 0 Å². The number of carbonyl (C=O) groups excluding carboxylic acids is 1. The molecule has 1 aliphatic carbocycles. The third-order valence-corrected chi connectivity index (χ3v) is 5.40. The van der Waals surface area contributed by atoms with Gasteiger partial charge in [-0.05, 0) is 25.0 Å². The van der Waals surface area contributed by atoms with Crippen molar-refractivity contribution in [1.82, 2.24) is 25.2 Å². The Labute approximate surface area is 159 Å². The summed E-state index contributed by atoms with van der Waals surface area (Å²) in [6.45, 7) is 4.29. The molecule has 0 spiro atoms. The van der Waals surface area contributed by atoms with E-state index in [1.165, 1.54) is 0 Å². The smallest absolute Gasteiger partial charge is 0.254 e. The molecule has 1 aliphatic heterocycles.